The summed E-state index contributed by atoms with van der Waals surface area (Å²) in [5.74, 6) is -0.805. The van der Waals surface area contributed by atoms with Crippen molar-refractivity contribution in [1.82, 2.24) is 0 Å². The first-order valence-corrected chi connectivity index (χ1v) is 4.08. The van der Waals surface area contributed by atoms with Crippen LogP contribution in [-0.4, -0.2) is 17.1 Å². The molecular weight excluding hydrogens is 142 g/mol. The summed E-state index contributed by atoms with van der Waals surface area (Å²) < 4.78 is 0. The molecule has 0 heterocycles. The summed E-state index contributed by atoms with van der Waals surface area (Å²) in [6.07, 6.45) is 3.06. The van der Waals surface area contributed by atoms with Gasteiger partial charge in [-0.05, 0) is 12.3 Å². The lowest BCUT2D eigenvalue weighted by molar-refractivity contribution is -0.139. The van der Waals surface area contributed by atoms with Crippen molar-refractivity contribution in [3.05, 3.63) is 0 Å². The normalized spacial score (nSPS) is 15.9. The summed E-state index contributed by atoms with van der Waals surface area (Å²) in [4.78, 5) is 10.4. The summed E-state index contributed by atoms with van der Waals surface area (Å²) in [6.45, 7) is 3.97. The van der Waals surface area contributed by atoms with Gasteiger partial charge >= 0.3 is 5.97 Å². The third kappa shape index (κ3) is 3.98. The Labute approximate surface area is 67.6 Å². The van der Waals surface area contributed by atoms with E-state index < -0.39 is 12.0 Å². The molecule has 0 spiro atoms. The summed E-state index contributed by atoms with van der Waals surface area (Å²) in [7, 11) is 0. The van der Waals surface area contributed by atoms with Crippen LogP contribution in [0.5, 0.6) is 0 Å². The zero-order valence-electron chi connectivity index (χ0n) is 7.21. The maximum atomic E-state index is 10.4. The maximum Gasteiger partial charge on any atom is 0.320 e. The predicted molar refractivity (Wildman–Crippen MR) is 44.3 cm³/mol. The number of aliphatic carboxylic acids is 1. The molecule has 3 nitrogen and oxygen atoms in total. The molecule has 0 bridgehead atoms. The van der Waals surface area contributed by atoms with Crippen LogP contribution >= 0.6 is 0 Å². The molecule has 11 heavy (non-hydrogen) atoms. The van der Waals surface area contributed by atoms with Crippen molar-refractivity contribution in [3.8, 4) is 0 Å². The van der Waals surface area contributed by atoms with Gasteiger partial charge in [-0.25, -0.2) is 0 Å². The molecule has 0 rings (SSSR count). The van der Waals surface area contributed by atoms with E-state index in [1.54, 1.807) is 0 Å². The fourth-order valence-electron chi connectivity index (χ4n) is 0.949. The number of hydrogen-bond donors (Lipinski definition) is 2. The lowest BCUT2D eigenvalue weighted by Gasteiger charge is -2.14. The summed E-state index contributed by atoms with van der Waals surface area (Å²) in [6, 6.07) is -0.693. The van der Waals surface area contributed by atoms with Gasteiger partial charge in [-0.3, -0.25) is 4.79 Å². The molecule has 1 unspecified atom stereocenters. The average molecular weight is 159 g/mol. The highest BCUT2D eigenvalue weighted by atomic mass is 16.4. The number of carboxylic acids is 1. The summed E-state index contributed by atoms with van der Waals surface area (Å²) in [5.41, 5.74) is 5.40. The maximum absolute atomic E-state index is 10.4. The minimum Gasteiger partial charge on any atom is -0.480 e. The Morgan fingerprint density at radius 3 is 2.55 bits per heavy atom. The van der Waals surface area contributed by atoms with Crippen LogP contribution < -0.4 is 5.73 Å². The largest absolute Gasteiger partial charge is 0.480 e. The molecule has 0 aliphatic heterocycles. The van der Waals surface area contributed by atoms with Crippen molar-refractivity contribution in [2.24, 2.45) is 11.7 Å². The van der Waals surface area contributed by atoms with E-state index in [4.69, 9.17) is 10.8 Å². The fraction of sp³-hybridized carbons (Fsp3) is 0.875. The smallest absolute Gasteiger partial charge is 0.320 e. The fourth-order valence-corrected chi connectivity index (χ4v) is 0.949. The second-order valence-electron chi connectivity index (χ2n) is 2.98. The molecule has 0 saturated carbocycles. The Hall–Kier alpha value is -0.570. The summed E-state index contributed by atoms with van der Waals surface area (Å²) >= 11 is 0. The topological polar surface area (TPSA) is 63.3 Å². The van der Waals surface area contributed by atoms with Gasteiger partial charge in [0.15, 0.2) is 0 Å². The molecule has 2 atom stereocenters. The second kappa shape index (κ2) is 5.13. The molecule has 0 saturated heterocycles. The zero-order chi connectivity index (χ0) is 8.85. The van der Waals surface area contributed by atoms with E-state index in [1.807, 2.05) is 6.92 Å². The van der Waals surface area contributed by atoms with Crippen LogP contribution in [0.4, 0.5) is 0 Å². The zero-order valence-corrected chi connectivity index (χ0v) is 7.21. The van der Waals surface area contributed by atoms with Gasteiger partial charge in [-0.2, -0.15) is 0 Å². The van der Waals surface area contributed by atoms with Crippen molar-refractivity contribution < 1.29 is 9.90 Å². The number of carboxylic acid groups (broad SMARTS) is 1. The van der Waals surface area contributed by atoms with E-state index in [-0.39, 0.29) is 5.92 Å². The lowest BCUT2D eigenvalue weighted by atomic mass is 9.97. The molecule has 0 fully saturated rings. The Morgan fingerprint density at radius 2 is 2.18 bits per heavy atom. The molecule has 66 valence electrons. The van der Waals surface area contributed by atoms with Crippen molar-refractivity contribution in [2.45, 2.75) is 39.2 Å². The minimum absolute atomic E-state index is 0.0902. The first kappa shape index (κ1) is 10.4. The Morgan fingerprint density at radius 1 is 1.64 bits per heavy atom. The Bertz CT molecular complexity index is 125. The van der Waals surface area contributed by atoms with E-state index in [0.29, 0.717) is 0 Å². The van der Waals surface area contributed by atoms with Crippen LogP contribution in [0.3, 0.4) is 0 Å². The third-order valence-electron chi connectivity index (χ3n) is 1.91. The SMILES string of the molecule is CCCC[C@@H](C)C(N)C(=O)O. The number of unbranched alkanes of at least 4 members (excludes halogenated alkanes) is 1. The molecule has 3 N–H and O–H groups in total. The molecule has 0 radical (unpaired) electrons. The van der Waals surface area contributed by atoms with Gasteiger partial charge in [-0.1, -0.05) is 26.7 Å². The monoisotopic (exact) mass is 159 g/mol. The number of nitrogens with two attached hydrogens (primary N) is 1. The number of carbonyl (C=O) groups is 1. The molecule has 0 aromatic heterocycles. The molecule has 0 aliphatic carbocycles. The van der Waals surface area contributed by atoms with Crippen LogP contribution in [0.25, 0.3) is 0 Å². The van der Waals surface area contributed by atoms with E-state index in [9.17, 15) is 4.79 Å². The van der Waals surface area contributed by atoms with E-state index in [2.05, 4.69) is 6.92 Å². The molecular formula is C8H17NO2. The third-order valence-corrected chi connectivity index (χ3v) is 1.91. The number of rotatable bonds is 5. The van der Waals surface area contributed by atoms with Crippen molar-refractivity contribution >= 4 is 5.97 Å². The van der Waals surface area contributed by atoms with E-state index in [1.165, 1.54) is 0 Å². The van der Waals surface area contributed by atoms with Gasteiger partial charge in [0.1, 0.15) is 6.04 Å². The highest BCUT2D eigenvalue weighted by Gasteiger charge is 2.18. The van der Waals surface area contributed by atoms with Crippen LogP contribution in [0.15, 0.2) is 0 Å². The van der Waals surface area contributed by atoms with Crippen LogP contribution in [0.2, 0.25) is 0 Å². The van der Waals surface area contributed by atoms with Gasteiger partial charge in [-0.15, -0.1) is 0 Å². The van der Waals surface area contributed by atoms with E-state index >= 15 is 0 Å². The van der Waals surface area contributed by atoms with Crippen LogP contribution in [0.1, 0.15) is 33.1 Å². The molecule has 0 aromatic rings. The van der Waals surface area contributed by atoms with Crippen molar-refractivity contribution in [3.63, 3.8) is 0 Å². The standard InChI is InChI=1S/C8H17NO2/c1-3-4-5-6(2)7(9)8(10)11/h6-7H,3-5,9H2,1-2H3,(H,10,11)/t6-,7?/m1/s1. The van der Waals surface area contributed by atoms with Gasteiger partial charge in [0.2, 0.25) is 0 Å². The quantitative estimate of drug-likeness (QED) is 0.634. The van der Waals surface area contributed by atoms with E-state index in [0.717, 1.165) is 19.3 Å². The molecule has 0 aromatic carbocycles. The first-order valence-electron chi connectivity index (χ1n) is 4.08. The van der Waals surface area contributed by atoms with Gasteiger partial charge in [0.25, 0.3) is 0 Å². The first-order chi connectivity index (χ1) is 5.09. The van der Waals surface area contributed by atoms with Gasteiger partial charge in [0.05, 0.1) is 0 Å². The van der Waals surface area contributed by atoms with Gasteiger partial charge in [0, 0.05) is 0 Å². The van der Waals surface area contributed by atoms with Gasteiger partial charge < -0.3 is 10.8 Å². The minimum atomic E-state index is -0.895. The lowest BCUT2D eigenvalue weighted by Crippen LogP contribution is -2.36. The van der Waals surface area contributed by atoms with Crippen LogP contribution in [-0.2, 0) is 4.79 Å². The Kier molecular flexibility index (Phi) is 4.86. The molecule has 0 amide bonds. The molecule has 0 aliphatic rings. The Balaban J connectivity index is 3.63. The van der Waals surface area contributed by atoms with Crippen molar-refractivity contribution in [2.75, 3.05) is 0 Å². The number of hydrogen-bond acceptors (Lipinski definition) is 2. The summed E-state index contributed by atoms with van der Waals surface area (Å²) in [5, 5.41) is 8.53. The van der Waals surface area contributed by atoms with Crippen molar-refractivity contribution in [1.29, 1.82) is 0 Å². The second-order valence-corrected chi connectivity index (χ2v) is 2.98. The highest BCUT2D eigenvalue weighted by molar-refractivity contribution is 5.73. The molecule has 3 heteroatoms. The average Bonchev–Trinajstić information content (AvgIpc) is 1.98. The predicted octanol–water partition coefficient (Wildman–Crippen LogP) is 1.22. The highest BCUT2D eigenvalue weighted by Crippen LogP contribution is 2.10. The van der Waals surface area contributed by atoms with Crippen LogP contribution in [0, 0.1) is 5.92 Å².